The summed E-state index contributed by atoms with van der Waals surface area (Å²) in [5.41, 5.74) is 2.06. The molecule has 2 N–H and O–H groups in total. The van der Waals surface area contributed by atoms with Gasteiger partial charge in [0.15, 0.2) is 0 Å². The smallest absolute Gasteiger partial charge is 0.253 e. The van der Waals surface area contributed by atoms with E-state index in [9.17, 15) is 9.59 Å². The lowest BCUT2D eigenvalue weighted by Gasteiger charge is -2.33. The van der Waals surface area contributed by atoms with Crippen LogP contribution in [-0.2, 0) is 9.53 Å². The Labute approximate surface area is 172 Å². The zero-order valence-electron chi connectivity index (χ0n) is 17.1. The monoisotopic (exact) mass is 409 g/mol. The number of carbonyl (C=O) groups is 2. The molecule has 1 heterocycles. The molecule has 1 aromatic rings. The van der Waals surface area contributed by atoms with E-state index in [1.165, 1.54) is 0 Å². The summed E-state index contributed by atoms with van der Waals surface area (Å²) in [6.45, 7) is 9.52. The lowest BCUT2D eigenvalue weighted by atomic mass is 9.97. The van der Waals surface area contributed by atoms with Gasteiger partial charge in [-0.2, -0.15) is 0 Å². The first-order valence-electron chi connectivity index (χ1n) is 10.1. The third-order valence-corrected chi connectivity index (χ3v) is 5.15. The second-order valence-corrected chi connectivity index (χ2v) is 7.97. The van der Waals surface area contributed by atoms with Crippen molar-refractivity contribution in [3.8, 4) is 0 Å². The average molecular weight is 410 g/mol. The molecule has 0 aromatic heterocycles. The average Bonchev–Trinajstić information content (AvgIpc) is 2.68. The van der Waals surface area contributed by atoms with Crippen LogP contribution in [0.4, 0.5) is 11.4 Å². The zero-order chi connectivity index (χ0) is 20.5. The molecular weight excluding hydrogens is 378 g/mol. The molecule has 0 bridgehead atoms. The van der Waals surface area contributed by atoms with Crippen molar-refractivity contribution in [2.75, 3.05) is 43.1 Å². The molecule has 1 aliphatic rings. The van der Waals surface area contributed by atoms with E-state index in [-0.39, 0.29) is 11.8 Å². The van der Waals surface area contributed by atoms with E-state index in [0.29, 0.717) is 36.9 Å². The van der Waals surface area contributed by atoms with Gasteiger partial charge in [0.1, 0.15) is 5.38 Å². The van der Waals surface area contributed by atoms with E-state index < -0.39 is 5.38 Å². The largest absolute Gasteiger partial charge is 0.382 e. The maximum atomic E-state index is 12.9. The van der Waals surface area contributed by atoms with Gasteiger partial charge in [0.2, 0.25) is 5.91 Å². The predicted octanol–water partition coefficient (Wildman–Crippen LogP) is 3.65. The normalized spacial score (nSPS) is 15.9. The number of nitrogens with zero attached hydrogens (tertiary/aromatic N) is 1. The molecule has 156 valence electrons. The zero-order valence-corrected chi connectivity index (χ0v) is 17.8. The van der Waals surface area contributed by atoms with Crippen LogP contribution in [-0.4, -0.2) is 50.0 Å². The quantitative estimate of drug-likeness (QED) is 0.482. The number of anilines is 2. The fourth-order valence-corrected chi connectivity index (χ4v) is 3.23. The van der Waals surface area contributed by atoms with Crippen LogP contribution < -0.4 is 15.5 Å². The molecule has 0 spiro atoms. The molecule has 1 fully saturated rings. The first-order chi connectivity index (χ1) is 13.4. The van der Waals surface area contributed by atoms with Crippen molar-refractivity contribution in [2.45, 2.75) is 45.4 Å². The van der Waals surface area contributed by atoms with Crippen molar-refractivity contribution in [2.24, 2.45) is 5.92 Å². The third kappa shape index (κ3) is 6.67. The number of carbonyl (C=O) groups excluding carboxylic acids is 2. The van der Waals surface area contributed by atoms with Crippen LogP contribution in [0.2, 0.25) is 0 Å². The van der Waals surface area contributed by atoms with E-state index in [2.05, 4.69) is 22.5 Å². The summed E-state index contributed by atoms with van der Waals surface area (Å²) in [5, 5.41) is 5.09. The molecule has 0 saturated carbocycles. The summed E-state index contributed by atoms with van der Waals surface area (Å²) < 4.78 is 5.32. The highest BCUT2D eigenvalue weighted by atomic mass is 35.5. The number of alkyl halides is 1. The minimum Gasteiger partial charge on any atom is -0.382 e. The van der Waals surface area contributed by atoms with E-state index >= 15 is 0 Å². The highest BCUT2D eigenvalue weighted by molar-refractivity contribution is 6.32. The summed E-state index contributed by atoms with van der Waals surface area (Å²) in [6.07, 6.45) is 2.98. The number of halogens is 1. The van der Waals surface area contributed by atoms with Crippen molar-refractivity contribution < 1.29 is 14.3 Å². The molecule has 1 saturated heterocycles. The molecular formula is C21H32ClN3O3. The Morgan fingerprint density at radius 1 is 1.32 bits per heavy atom. The fourth-order valence-electron chi connectivity index (χ4n) is 3.18. The number of hydrogen-bond acceptors (Lipinski definition) is 4. The second kappa shape index (κ2) is 11.3. The van der Waals surface area contributed by atoms with Gasteiger partial charge < -0.3 is 20.3 Å². The van der Waals surface area contributed by atoms with Crippen LogP contribution in [0.3, 0.4) is 0 Å². The Morgan fingerprint density at radius 2 is 2.04 bits per heavy atom. The molecule has 28 heavy (non-hydrogen) atoms. The molecule has 0 aliphatic carbocycles. The second-order valence-electron chi connectivity index (χ2n) is 7.31. The Bertz CT molecular complexity index is 658. The molecule has 2 rings (SSSR count). The number of nitrogens with one attached hydrogen (secondary N) is 2. The Hall–Kier alpha value is -1.79. The minimum absolute atomic E-state index is 0.139. The first kappa shape index (κ1) is 22.5. The van der Waals surface area contributed by atoms with Gasteiger partial charge in [-0.05, 0) is 57.2 Å². The summed E-state index contributed by atoms with van der Waals surface area (Å²) in [5.74, 6) is 0.278. The number of hydrogen-bond donors (Lipinski definition) is 2. The third-order valence-electron chi connectivity index (χ3n) is 4.95. The number of piperidine rings is 1. The Kier molecular flexibility index (Phi) is 9.06. The van der Waals surface area contributed by atoms with Crippen LogP contribution in [0.25, 0.3) is 0 Å². The highest BCUT2D eigenvalue weighted by Gasteiger charge is 2.22. The number of amides is 2. The minimum atomic E-state index is -0.640. The van der Waals surface area contributed by atoms with Crippen LogP contribution in [0.1, 0.15) is 50.4 Å². The van der Waals surface area contributed by atoms with Gasteiger partial charge in [0.25, 0.3) is 5.91 Å². The lowest BCUT2D eigenvalue weighted by Crippen LogP contribution is -2.35. The fraction of sp³-hybridized carbons (Fsp3) is 0.619. The summed E-state index contributed by atoms with van der Waals surface area (Å²) in [6, 6.07) is 5.48. The number of ether oxygens (including phenoxy) is 1. The number of rotatable bonds is 9. The van der Waals surface area contributed by atoms with Gasteiger partial charge >= 0.3 is 0 Å². The predicted molar refractivity (Wildman–Crippen MR) is 114 cm³/mol. The molecule has 1 aliphatic heterocycles. The maximum absolute atomic E-state index is 12.9. The Morgan fingerprint density at radius 3 is 2.68 bits per heavy atom. The van der Waals surface area contributed by atoms with E-state index in [1.54, 1.807) is 13.0 Å². The van der Waals surface area contributed by atoms with Gasteiger partial charge in [-0.1, -0.05) is 6.92 Å². The Balaban J connectivity index is 2.16. The van der Waals surface area contributed by atoms with Crippen LogP contribution in [0.5, 0.6) is 0 Å². The van der Waals surface area contributed by atoms with Crippen molar-refractivity contribution in [3.05, 3.63) is 23.8 Å². The van der Waals surface area contributed by atoms with Crippen molar-refractivity contribution in [1.82, 2.24) is 5.32 Å². The van der Waals surface area contributed by atoms with Gasteiger partial charge in [0.05, 0.1) is 5.56 Å². The van der Waals surface area contributed by atoms with Crippen LogP contribution in [0, 0.1) is 5.92 Å². The van der Waals surface area contributed by atoms with E-state index in [4.69, 9.17) is 16.3 Å². The number of benzene rings is 1. The van der Waals surface area contributed by atoms with Crippen molar-refractivity contribution in [1.29, 1.82) is 0 Å². The summed E-state index contributed by atoms with van der Waals surface area (Å²) >= 11 is 5.85. The van der Waals surface area contributed by atoms with Gasteiger partial charge in [-0.3, -0.25) is 9.59 Å². The van der Waals surface area contributed by atoms with Crippen molar-refractivity contribution >= 4 is 34.8 Å². The maximum Gasteiger partial charge on any atom is 0.253 e. The van der Waals surface area contributed by atoms with Crippen LogP contribution >= 0.6 is 11.6 Å². The van der Waals surface area contributed by atoms with Gasteiger partial charge in [0, 0.05) is 44.2 Å². The highest BCUT2D eigenvalue weighted by Crippen LogP contribution is 2.29. The van der Waals surface area contributed by atoms with Gasteiger partial charge in [-0.25, -0.2) is 0 Å². The summed E-state index contributed by atoms with van der Waals surface area (Å²) in [7, 11) is 0. The summed E-state index contributed by atoms with van der Waals surface area (Å²) in [4.78, 5) is 27.0. The topological polar surface area (TPSA) is 70.7 Å². The van der Waals surface area contributed by atoms with E-state index in [1.807, 2.05) is 19.1 Å². The van der Waals surface area contributed by atoms with E-state index in [0.717, 1.165) is 38.0 Å². The standard InChI is InChI=1S/C21H32ClN3O3/c1-4-28-13-5-10-23-21(27)18-14-17(24-20(26)16(3)22)6-7-19(18)25-11-8-15(2)9-12-25/h6-7,14-16H,4-5,8-13H2,1-3H3,(H,23,27)(H,24,26). The molecule has 1 aromatic carbocycles. The molecule has 1 atom stereocenters. The lowest BCUT2D eigenvalue weighted by molar-refractivity contribution is -0.115. The first-order valence-corrected chi connectivity index (χ1v) is 10.6. The molecule has 2 amide bonds. The van der Waals surface area contributed by atoms with Crippen LogP contribution in [0.15, 0.2) is 18.2 Å². The molecule has 1 unspecified atom stereocenters. The van der Waals surface area contributed by atoms with Gasteiger partial charge in [-0.15, -0.1) is 11.6 Å². The van der Waals surface area contributed by atoms with Crippen molar-refractivity contribution in [3.63, 3.8) is 0 Å². The molecule has 6 nitrogen and oxygen atoms in total. The molecule has 7 heteroatoms. The molecule has 0 radical (unpaired) electrons. The SMILES string of the molecule is CCOCCCNC(=O)c1cc(NC(=O)C(C)Cl)ccc1N1CCC(C)CC1.